The lowest BCUT2D eigenvalue weighted by Gasteiger charge is -2.43. The van der Waals surface area contributed by atoms with Gasteiger partial charge >= 0.3 is 5.97 Å². The van der Waals surface area contributed by atoms with E-state index in [9.17, 15) is 9.90 Å². The zero-order valence-electron chi connectivity index (χ0n) is 31.0. The molecule has 0 heterocycles. The van der Waals surface area contributed by atoms with E-state index in [-0.39, 0.29) is 40.1 Å². The van der Waals surface area contributed by atoms with Gasteiger partial charge in [-0.15, -0.1) is 0 Å². The Morgan fingerprint density at radius 2 is 1.43 bits per heavy atom. The highest BCUT2D eigenvalue weighted by atomic mass is 28.4. The Bertz CT molecular complexity index is 1500. The second-order valence-electron chi connectivity index (χ2n) is 15.9. The number of aryl methyl sites for hydroxylation is 3. The van der Waals surface area contributed by atoms with Gasteiger partial charge in [-0.2, -0.15) is 0 Å². The first kappa shape index (κ1) is 37.6. The van der Waals surface area contributed by atoms with Crippen LogP contribution in [-0.2, 0) is 32.2 Å². The highest BCUT2D eigenvalue weighted by Crippen LogP contribution is 2.43. The quantitative estimate of drug-likeness (QED) is 0.157. The van der Waals surface area contributed by atoms with Gasteiger partial charge in [0.1, 0.15) is 5.75 Å². The first-order valence-electron chi connectivity index (χ1n) is 17.1. The fourth-order valence-electron chi connectivity index (χ4n) is 6.45. The molecule has 0 aliphatic rings. The molecule has 0 fully saturated rings. The van der Waals surface area contributed by atoms with Crippen LogP contribution in [0.4, 0.5) is 0 Å². The minimum atomic E-state index is -1.89. The third-order valence-electron chi connectivity index (χ3n) is 10.6. The van der Waals surface area contributed by atoms with Crippen molar-refractivity contribution in [3.63, 3.8) is 0 Å². The molecule has 0 saturated carbocycles. The summed E-state index contributed by atoms with van der Waals surface area (Å²) in [6.07, 6.45) is 4.33. The third kappa shape index (κ3) is 8.52. The molecule has 0 aliphatic carbocycles. The van der Waals surface area contributed by atoms with Crippen molar-refractivity contribution in [1.82, 2.24) is 0 Å². The summed E-state index contributed by atoms with van der Waals surface area (Å²) in [4.78, 5) is 11.9. The zero-order chi connectivity index (χ0) is 34.7. The van der Waals surface area contributed by atoms with Gasteiger partial charge in [-0.1, -0.05) is 97.9 Å². The number of hydrogen-bond donors (Lipinski definition) is 1. The van der Waals surface area contributed by atoms with Crippen LogP contribution in [0, 0.1) is 19.3 Å². The molecule has 0 amide bonds. The summed E-state index contributed by atoms with van der Waals surface area (Å²) in [5.41, 5.74) is 9.19. The van der Waals surface area contributed by atoms with Crippen LogP contribution < -0.4 is 0 Å². The normalized spacial score (nSPS) is 13.5. The van der Waals surface area contributed by atoms with E-state index >= 15 is 0 Å². The molecule has 0 saturated heterocycles. The number of benzene rings is 3. The highest BCUT2D eigenvalue weighted by molar-refractivity contribution is 6.74. The molecule has 0 bridgehead atoms. The summed E-state index contributed by atoms with van der Waals surface area (Å²) in [5, 5.41) is 10.6. The van der Waals surface area contributed by atoms with Crippen LogP contribution >= 0.6 is 0 Å². The molecule has 252 valence electrons. The van der Waals surface area contributed by atoms with Crippen molar-refractivity contribution < 1.29 is 19.1 Å². The van der Waals surface area contributed by atoms with Crippen LogP contribution in [-0.4, -0.2) is 32.6 Å². The van der Waals surface area contributed by atoms with E-state index in [1.807, 2.05) is 6.07 Å². The minimum absolute atomic E-state index is 0.0778. The lowest BCUT2D eigenvalue weighted by Crippen LogP contribution is -2.47. The molecular weight excluding hydrogens is 585 g/mol. The number of carbonyl (C=O) groups is 1. The Hall–Kier alpha value is -2.89. The summed E-state index contributed by atoms with van der Waals surface area (Å²) >= 11 is 0. The van der Waals surface area contributed by atoms with Crippen LogP contribution in [0.15, 0.2) is 54.6 Å². The Balaban J connectivity index is 1.92. The molecule has 0 aliphatic heterocycles. The topological polar surface area (TPSA) is 55.8 Å². The van der Waals surface area contributed by atoms with E-state index in [0.29, 0.717) is 0 Å². The maximum atomic E-state index is 11.9. The van der Waals surface area contributed by atoms with Gasteiger partial charge in [0.2, 0.25) is 0 Å². The number of phenolic OH excluding ortho intramolecular Hbond substituents is 1. The summed E-state index contributed by atoms with van der Waals surface area (Å²) in [7, 11) is -0.505. The molecule has 3 aromatic carbocycles. The smallest absolute Gasteiger partial charge is 0.309 e. The highest BCUT2D eigenvalue weighted by Gasteiger charge is 2.41. The molecule has 0 spiro atoms. The van der Waals surface area contributed by atoms with Gasteiger partial charge in [0.15, 0.2) is 8.32 Å². The lowest BCUT2D eigenvalue weighted by molar-refractivity contribution is -0.139. The summed E-state index contributed by atoms with van der Waals surface area (Å²) in [6, 6.07) is 19.2. The van der Waals surface area contributed by atoms with Gasteiger partial charge < -0.3 is 14.3 Å². The van der Waals surface area contributed by atoms with Crippen LogP contribution in [0.1, 0.15) is 108 Å². The minimum Gasteiger partial charge on any atom is -0.508 e. The molecule has 4 nitrogen and oxygen atoms in total. The van der Waals surface area contributed by atoms with Crippen molar-refractivity contribution in [3.8, 4) is 16.9 Å². The molecule has 3 rings (SSSR count). The summed E-state index contributed by atoms with van der Waals surface area (Å²) in [5.74, 6) is -0.179. The van der Waals surface area contributed by atoms with Crippen LogP contribution in [0.5, 0.6) is 5.75 Å². The molecule has 1 N–H and O–H groups in total. The van der Waals surface area contributed by atoms with E-state index in [4.69, 9.17) is 9.16 Å². The fraction of sp³-hybridized carbons (Fsp3) is 0.537. The van der Waals surface area contributed by atoms with Gasteiger partial charge in [-0.25, -0.2) is 0 Å². The van der Waals surface area contributed by atoms with Crippen molar-refractivity contribution in [1.29, 1.82) is 0 Å². The molecule has 0 aromatic heterocycles. The molecule has 0 radical (unpaired) electrons. The molecule has 1 atom stereocenters. The summed E-state index contributed by atoms with van der Waals surface area (Å²) in [6.45, 7) is 27.6. The number of esters is 1. The van der Waals surface area contributed by atoms with Crippen molar-refractivity contribution in [2.45, 2.75) is 131 Å². The number of aromatic hydroxyl groups is 1. The predicted molar refractivity (Wildman–Crippen MR) is 196 cm³/mol. The molecule has 46 heavy (non-hydrogen) atoms. The Labute approximate surface area is 281 Å². The van der Waals surface area contributed by atoms with E-state index in [2.05, 4.69) is 119 Å². The number of ether oxygens (including phenoxy) is 1. The molecule has 5 heteroatoms. The van der Waals surface area contributed by atoms with Crippen molar-refractivity contribution in [3.05, 3.63) is 88.0 Å². The first-order valence-corrected chi connectivity index (χ1v) is 20.0. The van der Waals surface area contributed by atoms with Gasteiger partial charge in [0.05, 0.1) is 19.6 Å². The number of rotatable bonds is 12. The Kier molecular flexibility index (Phi) is 11.8. The van der Waals surface area contributed by atoms with Crippen molar-refractivity contribution >= 4 is 14.3 Å². The standard InChI is InChI=1S/C41H60O4Si/c1-14-41(15-2,34-19-20-36(29(4)23-34)32-24-30(25-35(42)27-32)26-38(43)44-11)33-18-16-31(28(3)22-33)17-21-37(39(5,6)7)45-46(12,13)40(8,9)10/h16,18-20,22-25,27,37,42H,14-15,17,21,26H2,1-13H3. The van der Waals surface area contributed by atoms with Crippen molar-refractivity contribution in [2.24, 2.45) is 5.41 Å². The number of carbonyl (C=O) groups excluding carboxylic acids is 1. The third-order valence-corrected chi connectivity index (χ3v) is 15.1. The first-order chi connectivity index (χ1) is 21.3. The van der Waals surface area contributed by atoms with Gasteiger partial charge in [0.25, 0.3) is 0 Å². The average Bonchev–Trinajstić information content (AvgIpc) is 2.95. The maximum Gasteiger partial charge on any atom is 0.309 e. The van der Waals surface area contributed by atoms with E-state index < -0.39 is 8.32 Å². The maximum absolute atomic E-state index is 11.9. The number of hydrogen-bond acceptors (Lipinski definition) is 4. The summed E-state index contributed by atoms with van der Waals surface area (Å²) < 4.78 is 11.8. The van der Waals surface area contributed by atoms with Gasteiger partial charge in [0, 0.05) is 5.41 Å². The largest absolute Gasteiger partial charge is 0.508 e. The number of methoxy groups -OCH3 is 1. The molecule has 3 aromatic rings. The SMILES string of the molecule is CCC(CC)(c1ccc(CCC(O[Si](C)(C)C(C)(C)C)C(C)(C)C)c(C)c1)c1ccc(-c2cc(O)cc(CC(=O)OC)c2)c(C)c1. The van der Waals surface area contributed by atoms with Gasteiger partial charge in [-0.05, 0) is 120 Å². The zero-order valence-corrected chi connectivity index (χ0v) is 32.0. The second-order valence-corrected chi connectivity index (χ2v) is 20.6. The van der Waals surface area contributed by atoms with E-state index in [0.717, 1.165) is 47.9 Å². The van der Waals surface area contributed by atoms with Crippen LogP contribution in [0.3, 0.4) is 0 Å². The average molecular weight is 645 g/mol. The van der Waals surface area contributed by atoms with Gasteiger partial charge in [-0.3, -0.25) is 4.79 Å². The lowest BCUT2D eigenvalue weighted by atomic mass is 9.69. The van der Waals surface area contributed by atoms with Crippen LogP contribution in [0.2, 0.25) is 18.1 Å². The fourth-order valence-corrected chi connectivity index (χ4v) is 7.99. The Morgan fingerprint density at radius 1 is 0.848 bits per heavy atom. The van der Waals surface area contributed by atoms with Crippen LogP contribution in [0.25, 0.3) is 11.1 Å². The molecular formula is C41H60O4Si. The predicted octanol–water partition coefficient (Wildman–Crippen LogP) is 10.9. The molecule has 1 unspecified atom stereocenters. The Morgan fingerprint density at radius 3 is 1.93 bits per heavy atom. The number of phenols is 1. The van der Waals surface area contributed by atoms with E-state index in [1.54, 1.807) is 12.1 Å². The second kappa shape index (κ2) is 14.5. The monoisotopic (exact) mass is 644 g/mol. The van der Waals surface area contributed by atoms with E-state index in [1.165, 1.54) is 29.4 Å². The van der Waals surface area contributed by atoms with Crippen molar-refractivity contribution in [2.75, 3.05) is 7.11 Å².